The second-order valence-corrected chi connectivity index (χ2v) is 8.50. The molecule has 1 fully saturated rings. The van der Waals surface area contributed by atoms with Gasteiger partial charge in [0.25, 0.3) is 0 Å². The van der Waals surface area contributed by atoms with E-state index in [-0.39, 0.29) is 29.7 Å². The number of nitrogens with zero attached hydrogens (tertiary/aromatic N) is 6. The Kier molecular flexibility index (Phi) is 6.80. The molecule has 0 bridgehead atoms. The minimum absolute atomic E-state index is 0.0220. The van der Waals surface area contributed by atoms with Gasteiger partial charge in [0, 0.05) is 40.3 Å². The molecule has 2 heterocycles. The van der Waals surface area contributed by atoms with Crippen molar-refractivity contribution < 1.29 is 8.78 Å². The lowest BCUT2D eigenvalue weighted by atomic mass is 9.96. The van der Waals surface area contributed by atoms with Gasteiger partial charge in [0.1, 0.15) is 11.6 Å². The van der Waals surface area contributed by atoms with Gasteiger partial charge >= 0.3 is 0 Å². The van der Waals surface area contributed by atoms with E-state index in [1.165, 1.54) is 24.3 Å². The van der Waals surface area contributed by atoms with Crippen LogP contribution in [-0.2, 0) is 0 Å². The summed E-state index contributed by atoms with van der Waals surface area (Å²) in [6.07, 6.45) is 0. The first-order valence-electron chi connectivity index (χ1n) is 11.0. The highest BCUT2D eigenvalue weighted by molar-refractivity contribution is 5.34. The van der Waals surface area contributed by atoms with Crippen LogP contribution in [-0.4, -0.2) is 65.0 Å². The molecule has 174 valence electrons. The van der Waals surface area contributed by atoms with Crippen molar-refractivity contribution in [2.45, 2.75) is 19.0 Å². The maximum atomic E-state index is 13.6. The van der Waals surface area contributed by atoms with Gasteiger partial charge in [-0.3, -0.25) is 9.80 Å². The number of halogens is 2. The summed E-state index contributed by atoms with van der Waals surface area (Å²) in [5.74, 6) is 0.846. The zero-order valence-electron chi connectivity index (χ0n) is 19.1. The Morgan fingerprint density at radius 1 is 0.788 bits per heavy atom. The second kappa shape index (κ2) is 9.76. The third kappa shape index (κ3) is 5.26. The summed E-state index contributed by atoms with van der Waals surface area (Å²) >= 11 is 0. The van der Waals surface area contributed by atoms with Crippen molar-refractivity contribution in [1.29, 1.82) is 0 Å². The summed E-state index contributed by atoms with van der Waals surface area (Å²) in [6, 6.07) is 13.0. The van der Waals surface area contributed by atoms with Crippen LogP contribution in [0.15, 0.2) is 48.5 Å². The van der Waals surface area contributed by atoms with Gasteiger partial charge in [0.2, 0.25) is 11.9 Å². The van der Waals surface area contributed by atoms with Crippen LogP contribution in [0, 0.1) is 11.6 Å². The van der Waals surface area contributed by atoms with Crippen LogP contribution in [0.2, 0.25) is 0 Å². The van der Waals surface area contributed by atoms with E-state index in [1.807, 2.05) is 19.0 Å². The van der Waals surface area contributed by atoms with Gasteiger partial charge in [-0.15, -0.1) is 0 Å². The molecule has 1 saturated heterocycles. The molecule has 1 aliphatic heterocycles. The molecular formula is C24H29F2N7. The van der Waals surface area contributed by atoms with Crippen molar-refractivity contribution in [1.82, 2.24) is 24.8 Å². The quantitative estimate of drug-likeness (QED) is 0.614. The summed E-state index contributed by atoms with van der Waals surface area (Å²) in [5, 5.41) is 0. The van der Waals surface area contributed by atoms with Gasteiger partial charge in [-0.1, -0.05) is 24.3 Å². The Morgan fingerprint density at radius 3 is 1.76 bits per heavy atom. The first-order chi connectivity index (χ1) is 15.8. The highest BCUT2D eigenvalue weighted by Gasteiger charge is 2.30. The van der Waals surface area contributed by atoms with Crippen LogP contribution in [0.25, 0.3) is 0 Å². The topological polar surface area (TPSA) is 74.4 Å². The molecule has 2 N–H and O–H groups in total. The number of nitrogens with two attached hydrogens (primary N) is 1. The van der Waals surface area contributed by atoms with Gasteiger partial charge < -0.3 is 10.6 Å². The molecule has 2 aromatic carbocycles. The van der Waals surface area contributed by atoms with Gasteiger partial charge in [0.15, 0.2) is 5.82 Å². The Labute approximate surface area is 192 Å². The lowest BCUT2D eigenvalue weighted by Gasteiger charge is -2.41. The minimum Gasteiger partial charge on any atom is -0.368 e. The number of rotatable bonds is 6. The summed E-state index contributed by atoms with van der Waals surface area (Å²) in [7, 11) is 3.74. The van der Waals surface area contributed by atoms with Crippen molar-refractivity contribution >= 4 is 11.9 Å². The third-order valence-corrected chi connectivity index (χ3v) is 6.07. The molecule has 0 radical (unpaired) electrons. The highest BCUT2D eigenvalue weighted by atomic mass is 19.1. The SMILES string of the molecule is C[C@H](c1nc(N)nc(N(C)C)n1)N1CCN(C(c2ccc(F)cc2)c2ccc(F)cc2)CC1. The lowest BCUT2D eigenvalue weighted by molar-refractivity contribution is 0.0812. The zero-order valence-corrected chi connectivity index (χ0v) is 19.1. The molecular weight excluding hydrogens is 424 g/mol. The summed E-state index contributed by atoms with van der Waals surface area (Å²) in [6.45, 7) is 5.23. The van der Waals surface area contributed by atoms with Crippen molar-refractivity contribution in [3.8, 4) is 0 Å². The number of hydrogen-bond donors (Lipinski definition) is 1. The Bertz CT molecular complexity index is 1020. The van der Waals surface area contributed by atoms with Crippen LogP contribution in [0.3, 0.4) is 0 Å². The van der Waals surface area contributed by atoms with Gasteiger partial charge in [-0.25, -0.2) is 8.78 Å². The number of benzene rings is 2. The molecule has 0 saturated carbocycles. The van der Waals surface area contributed by atoms with Crippen LogP contribution in [0.4, 0.5) is 20.7 Å². The van der Waals surface area contributed by atoms with Gasteiger partial charge in [-0.05, 0) is 42.3 Å². The number of hydrogen-bond acceptors (Lipinski definition) is 7. The van der Waals surface area contributed by atoms with Crippen molar-refractivity contribution in [3.05, 3.63) is 77.1 Å². The lowest BCUT2D eigenvalue weighted by Crippen LogP contribution is -2.48. The number of piperazine rings is 1. The average Bonchev–Trinajstić information content (AvgIpc) is 2.81. The van der Waals surface area contributed by atoms with Gasteiger partial charge in [0.05, 0.1) is 12.1 Å². The molecule has 0 aliphatic carbocycles. The fourth-order valence-electron chi connectivity index (χ4n) is 4.23. The van der Waals surface area contributed by atoms with Crippen LogP contribution >= 0.6 is 0 Å². The average molecular weight is 454 g/mol. The first-order valence-corrected chi connectivity index (χ1v) is 11.0. The molecule has 3 aromatic rings. The Morgan fingerprint density at radius 2 is 1.27 bits per heavy atom. The molecule has 1 atom stereocenters. The molecule has 9 heteroatoms. The molecule has 0 amide bonds. The molecule has 4 rings (SSSR count). The van der Waals surface area contributed by atoms with Crippen molar-refractivity contribution in [3.63, 3.8) is 0 Å². The molecule has 0 unspecified atom stereocenters. The summed E-state index contributed by atoms with van der Waals surface area (Å²) in [5.41, 5.74) is 7.86. The highest BCUT2D eigenvalue weighted by Crippen LogP contribution is 2.31. The summed E-state index contributed by atoms with van der Waals surface area (Å²) < 4.78 is 27.1. The zero-order chi connectivity index (χ0) is 23.5. The largest absolute Gasteiger partial charge is 0.368 e. The van der Waals surface area contributed by atoms with E-state index < -0.39 is 0 Å². The standard InChI is InChI=1S/C24H29F2N7/c1-16(22-28-23(27)30-24(29-22)31(2)3)32-12-14-33(15-13-32)21(17-4-8-19(25)9-5-17)18-6-10-20(26)11-7-18/h4-11,16,21H,12-15H2,1-3H3,(H2,27,28,29,30)/t16-/m1/s1. The van der Waals surface area contributed by atoms with Crippen LogP contribution < -0.4 is 10.6 Å². The van der Waals surface area contributed by atoms with E-state index in [0.29, 0.717) is 11.8 Å². The summed E-state index contributed by atoms with van der Waals surface area (Å²) in [4.78, 5) is 19.6. The number of aromatic nitrogens is 3. The van der Waals surface area contributed by atoms with E-state index in [2.05, 4.69) is 31.7 Å². The van der Waals surface area contributed by atoms with Crippen LogP contribution in [0.5, 0.6) is 0 Å². The van der Waals surface area contributed by atoms with E-state index in [9.17, 15) is 8.78 Å². The fraction of sp³-hybridized carbons (Fsp3) is 0.375. The smallest absolute Gasteiger partial charge is 0.229 e. The van der Waals surface area contributed by atoms with Crippen molar-refractivity contribution in [2.24, 2.45) is 0 Å². The monoisotopic (exact) mass is 453 g/mol. The maximum absolute atomic E-state index is 13.6. The first kappa shape index (κ1) is 23.0. The Balaban J connectivity index is 1.53. The fourth-order valence-corrected chi connectivity index (χ4v) is 4.23. The molecule has 0 spiro atoms. The minimum atomic E-state index is -0.274. The van der Waals surface area contributed by atoms with Gasteiger partial charge in [-0.2, -0.15) is 15.0 Å². The third-order valence-electron chi connectivity index (χ3n) is 6.07. The molecule has 33 heavy (non-hydrogen) atoms. The molecule has 1 aliphatic rings. The predicted octanol–water partition coefficient (Wildman–Crippen LogP) is 3.27. The Hall–Kier alpha value is -3.17. The van der Waals surface area contributed by atoms with E-state index in [1.54, 1.807) is 24.3 Å². The molecule has 1 aromatic heterocycles. The van der Waals surface area contributed by atoms with E-state index in [0.717, 1.165) is 37.3 Å². The molecule has 7 nitrogen and oxygen atoms in total. The maximum Gasteiger partial charge on any atom is 0.229 e. The second-order valence-electron chi connectivity index (χ2n) is 8.50. The van der Waals surface area contributed by atoms with Crippen molar-refractivity contribution in [2.75, 3.05) is 50.9 Å². The van der Waals surface area contributed by atoms with E-state index >= 15 is 0 Å². The normalized spacial score (nSPS) is 16.2. The van der Waals surface area contributed by atoms with E-state index in [4.69, 9.17) is 5.73 Å². The number of nitrogen functional groups attached to an aromatic ring is 1. The number of anilines is 2. The van der Waals surface area contributed by atoms with Crippen LogP contribution in [0.1, 0.15) is 36.0 Å². The predicted molar refractivity (Wildman–Crippen MR) is 125 cm³/mol.